The van der Waals surface area contributed by atoms with Crippen molar-refractivity contribution in [2.45, 2.75) is 56.9 Å². The number of hydrogen-bond acceptors (Lipinski definition) is 5. The maximum absolute atomic E-state index is 14.0. The number of fused-ring (bicyclic) bond motifs is 2. The molecule has 1 aromatic rings. The molecule has 1 N–H and O–H groups in total. The number of likely N-dealkylation sites (tertiary alicyclic amines) is 1. The number of benzene rings is 1. The van der Waals surface area contributed by atoms with Crippen molar-refractivity contribution in [3.05, 3.63) is 60.2 Å². The fraction of sp³-hybridized carbons (Fsp3) is 0.552. The van der Waals surface area contributed by atoms with Crippen molar-refractivity contribution >= 4 is 17.7 Å². The van der Waals surface area contributed by atoms with Crippen LogP contribution in [0.4, 0.5) is 0 Å². The molecule has 4 aliphatic heterocycles. The van der Waals surface area contributed by atoms with Gasteiger partial charge in [0.15, 0.2) is 0 Å². The van der Waals surface area contributed by atoms with Crippen molar-refractivity contribution in [3.63, 3.8) is 0 Å². The molecule has 2 saturated heterocycles. The third-order valence-corrected chi connectivity index (χ3v) is 8.13. The van der Waals surface area contributed by atoms with Gasteiger partial charge >= 0.3 is 0 Å². The number of carbonyl (C=O) groups excluding carboxylic acids is 3. The second kappa shape index (κ2) is 10.8. The average Bonchev–Trinajstić information content (AvgIpc) is 3.22. The van der Waals surface area contributed by atoms with E-state index in [-0.39, 0.29) is 30.9 Å². The molecule has 1 spiro atoms. The summed E-state index contributed by atoms with van der Waals surface area (Å²) in [7, 11) is 0. The summed E-state index contributed by atoms with van der Waals surface area (Å²) in [6.45, 7) is 4.24. The Morgan fingerprint density at radius 1 is 0.946 bits per heavy atom. The van der Waals surface area contributed by atoms with Crippen LogP contribution in [0.5, 0.6) is 0 Å². The van der Waals surface area contributed by atoms with Crippen LogP contribution in [0.25, 0.3) is 0 Å². The van der Waals surface area contributed by atoms with E-state index in [1.54, 1.807) is 9.80 Å². The highest BCUT2D eigenvalue weighted by molar-refractivity contribution is 5.99. The van der Waals surface area contributed by atoms with Gasteiger partial charge in [0.1, 0.15) is 11.6 Å². The van der Waals surface area contributed by atoms with Gasteiger partial charge in [-0.15, -0.1) is 0 Å². The maximum Gasteiger partial charge on any atom is 0.249 e. The number of carbonyl (C=O) groups is 3. The van der Waals surface area contributed by atoms with Gasteiger partial charge in [0, 0.05) is 39.3 Å². The molecule has 5 atom stereocenters. The van der Waals surface area contributed by atoms with E-state index in [0.717, 1.165) is 24.8 Å². The van der Waals surface area contributed by atoms with Crippen molar-refractivity contribution in [1.29, 1.82) is 0 Å². The highest BCUT2D eigenvalue weighted by Crippen LogP contribution is 2.53. The van der Waals surface area contributed by atoms with Gasteiger partial charge in [-0.2, -0.15) is 0 Å². The highest BCUT2D eigenvalue weighted by atomic mass is 16.5. The lowest BCUT2D eigenvalue weighted by Gasteiger charge is -2.35. The SMILES string of the molecule is CCCCCN1CC=C[C@]23O[C@@H]4C=CCN(Cc5ccccc5)C(=O)[C@@H]4[C@H]2C(=O)N(CCCO)C3C1=O. The molecular formula is C29H37N3O5. The molecule has 1 unspecified atom stereocenters. The molecule has 198 valence electrons. The predicted octanol–water partition coefficient (Wildman–Crippen LogP) is 2.14. The van der Waals surface area contributed by atoms with Gasteiger partial charge in [0.05, 0.1) is 17.9 Å². The number of amides is 3. The van der Waals surface area contributed by atoms with Crippen molar-refractivity contribution in [3.8, 4) is 0 Å². The average molecular weight is 508 g/mol. The van der Waals surface area contributed by atoms with Gasteiger partial charge in [0.2, 0.25) is 17.7 Å². The van der Waals surface area contributed by atoms with Crippen molar-refractivity contribution in [2.75, 3.05) is 32.8 Å². The van der Waals surface area contributed by atoms with Gasteiger partial charge in [-0.25, -0.2) is 0 Å². The first-order chi connectivity index (χ1) is 18.0. The summed E-state index contributed by atoms with van der Waals surface area (Å²) in [5.74, 6) is -1.99. The fourth-order valence-electron chi connectivity index (χ4n) is 6.42. The zero-order valence-corrected chi connectivity index (χ0v) is 21.5. The third-order valence-electron chi connectivity index (χ3n) is 8.13. The lowest BCUT2D eigenvalue weighted by Crippen LogP contribution is -2.55. The molecule has 8 heteroatoms. The van der Waals surface area contributed by atoms with E-state index in [1.807, 2.05) is 59.5 Å². The topological polar surface area (TPSA) is 90.4 Å². The van der Waals surface area contributed by atoms with Crippen LogP contribution in [0, 0.1) is 11.8 Å². The first kappa shape index (κ1) is 25.7. The molecule has 2 fully saturated rings. The molecule has 0 radical (unpaired) electrons. The second-order valence-electron chi connectivity index (χ2n) is 10.5. The van der Waals surface area contributed by atoms with Crippen molar-refractivity contribution in [1.82, 2.24) is 14.7 Å². The van der Waals surface area contributed by atoms with E-state index in [4.69, 9.17) is 4.74 Å². The molecular weight excluding hydrogens is 470 g/mol. The number of hydrogen-bond donors (Lipinski definition) is 1. The minimum absolute atomic E-state index is 0.0855. The molecule has 0 bridgehead atoms. The molecule has 4 heterocycles. The Hall–Kier alpha value is -2.97. The van der Waals surface area contributed by atoms with Gasteiger partial charge in [-0.05, 0) is 18.4 Å². The zero-order valence-electron chi connectivity index (χ0n) is 21.5. The summed E-state index contributed by atoms with van der Waals surface area (Å²) < 4.78 is 6.64. The smallest absolute Gasteiger partial charge is 0.249 e. The number of rotatable bonds is 9. The van der Waals surface area contributed by atoms with E-state index >= 15 is 0 Å². The van der Waals surface area contributed by atoms with Crippen LogP contribution < -0.4 is 0 Å². The van der Waals surface area contributed by atoms with Crippen LogP contribution in [-0.4, -0.2) is 88.1 Å². The standard InChI is InChI=1S/C29H37N3O5/c1-2-3-7-15-30-17-9-14-29-24(27(35)32(18-10-19-33)25(29)28(30)36)23-22(37-29)13-8-16-31(26(23)34)20-21-11-5-4-6-12-21/h4-6,8-9,11-14,22-25,33H,2-3,7,10,15-20H2,1H3/t22-,23+,24+,25?,29+/m1/s1. The summed E-state index contributed by atoms with van der Waals surface area (Å²) in [4.78, 5) is 47.1. The third kappa shape index (κ3) is 4.50. The van der Waals surface area contributed by atoms with E-state index in [2.05, 4.69) is 6.92 Å². The van der Waals surface area contributed by atoms with Crippen LogP contribution in [-0.2, 0) is 25.7 Å². The predicted molar refractivity (Wildman–Crippen MR) is 138 cm³/mol. The van der Waals surface area contributed by atoms with Crippen LogP contribution in [0.2, 0.25) is 0 Å². The quantitative estimate of drug-likeness (QED) is 0.409. The van der Waals surface area contributed by atoms with Gasteiger partial charge in [-0.1, -0.05) is 74.4 Å². The molecule has 37 heavy (non-hydrogen) atoms. The molecule has 0 aromatic heterocycles. The fourth-order valence-corrected chi connectivity index (χ4v) is 6.42. The Morgan fingerprint density at radius 3 is 2.49 bits per heavy atom. The van der Waals surface area contributed by atoms with E-state index in [0.29, 0.717) is 32.6 Å². The molecule has 3 amide bonds. The molecule has 0 saturated carbocycles. The lowest BCUT2D eigenvalue weighted by atomic mass is 9.77. The van der Waals surface area contributed by atoms with Gasteiger partial charge in [-0.3, -0.25) is 14.4 Å². The van der Waals surface area contributed by atoms with Crippen LogP contribution >= 0.6 is 0 Å². The summed E-state index contributed by atoms with van der Waals surface area (Å²) in [6.07, 6.45) is 10.4. The van der Waals surface area contributed by atoms with Crippen LogP contribution in [0.1, 0.15) is 38.2 Å². The number of aliphatic hydroxyl groups is 1. The monoisotopic (exact) mass is 507 g/mol. The van der Waals surface area contributed by atoms with E-state index < -0.39 is 29.6 Å². The normalized spacial score (nSPS) is 30.9. The molecule has 0 aliphatic carbocycles. The van der Waals surface area contributed by atoms with Gasteiger partial charge in [0.25, 0.3) is 0 Å². The Balaban J connectivity index is 1.49. The van der Waals surface area contributed by atoms with E-state index in [9.17, 15) is 19.5 Å². The first-order valence-electron chi connectivity index (χ1n) is 13.6. The van der Waals surface area contributed by atoms with Crippen molar-refractivity contribution in [2.24, 2.45) is 11.8 Å². The first-order valence-corrected chi connectivity index (χ1v) is 13.6. The maximum atomic E-state index is 14.0. The minimum Gasteiger partial charge on any atom is -0.396 e. The molecule has 1 aromatic carbocycles. The molecule has 5 rings (SSSR count). The number of unbranched alkanes of at least 4 members (excludes halogenated alkanes) is 2. The molecule has 8 nitrogen and oxygen atoms in total. The zero-order chi connectivity index (χ0) is 26.0. The highest BCUT2D eigenvalue weighted by Gasteiger charge is 2.71. The lowest BCUT2D eigenvalue weighted by molar-refractivity contribution is -0.148. The summed E-state index contributed by atoms with van der Waals surface area (Å²) in [5, 5.41) is 9.52. The Kier molecular flexibility index (Phi) is 7.49. The minimum atomic E-state index is -1.20. The summed E-state index contributed by atoms with van der Waals surface area (Å²) in [5.41, 5.74) is -0.183. The Morgan fingerprint density at radius 2 is 1.73 bits per heavy atom. The number of nitrogens with zero attached hydrogens (tertiary/aromatic N) is 3. The summed E-state index contributed by atoms with van der Waals surface area (Å²) in [6, 6.07) is 8.97. The van der Waals surface area contributed by atoms with Gasteiger partial charge < -0.3 is 24.5 Å². The summed E-state index contributed by atoms with van der Waals surface area (Å²) >= 11 is 0. The number of aliphatic hydroxyl groups excluding tert-OH is 1. The largest absolute Gasteiger partial charge is 0.396 e. The van der Waals surface area contributed by atoms with Crippen molar-refractivity contribution < 1.29 is 24.2 Å². The second-order valence-corrected chi connectivity index (χ2v) is 10.5. The number of ether oxygens (including phenoxy) is 1. The van der Waals surface area contributed by atoms with Crippen LogP contribution in [0.15, 0.2) is 54.6 Å². The van der Waals surface area contributed by atoms with E-state index in [1.165, 1.54) is 0 Å². The Labute approximate surface area is 218 Å². The Bertz CT molecular complexity index is 1070. The van der Waals surface area contributed by atoms with Crippen LogP contribution in [0.3, 0.4) is 0 Å². The molecule has 4 aliphatic rings.